The van der Waals surface area contributed by atoms with E-state index in [9.17, 15) is 14.7 Å². The number of methoxy groups -OCH3 is 1. The summed E-state index contributed by atoms with van der Waals surface area (Å²) in [5.74, 6) is -0.464. The molecule has 146 valence electrons. The van der Waals surface area contributed by atoms with Crippen LogP contribution in [-0.4, -0.2) is 37.6 Å². The minimum absolute atomic E-state index is 0.00748. The molecule has 4 rings (SSSR count). The quantitative estimate of drug-likeness (QED) is 0.471. The zero-order valence-electron chi connectivity index (χ0n) is 15.0. The Labute approximate surface area is 168 Å². The van der Waals surface area contributed by atoms with Gasteiger partial charge in [0.05, 0.1) is 17.8 Å². The number of carbonyl (C=O) groups is 1. The van der Waals surface area contributed by atoms with Gasteiger partial charge in [-0.15, -0.1) is 0 Å². The number of phenolic OH excluding ortho intramolecular Hbond substituents is 1. The highest BCUT2D eigenvalue weighted by Gasteiger charge is 2.21. The van der Waals surface area contributed by atoms with E-state index in [4.69, 9.17) is 22.1 Å². The van der Waals surface area contributed by atoms with Gasteiger partial charge in [-0.25, -0.2) is 19.3 Å². The molecule has 9 nitrogen and oxygen atoms in total. The van der Waals surface area contributed by atoms with Gasteiger partial charge in [0.1, 0.15) is 17.0 Å². The first kappa shape index (κ1) is 18.5. The lowest BCUT2D eigenvalue weighted by Crippen LogP contribution is -2.15. The van der Waals surface area contributed by atoms with Gasteiger partial charge in [0.15, 0.2) is 17.2 Å². The number of imidazole rings is 1. The number of phenols is 1. The third-order valence-corrected chi connectivity index (χ3v) is 4.70. The van der Waals surface area contributed by atoms with Crippen LogP contribution in [0.4, 0.5) is 0 Å². The summed E-state index contributed by atoms with van der Waals surface area (Å²) >= 11 is 6.17. The Bertz CT molecular complexity index is 1330. The molecule has 0 saturated carbocycles. The minimum Gasteiger partial charge on any atom is -0.506 e. The number of primary amides is 1. The van der Waals surface area contributed by atoms with Crippen molar-refractivity contribution < 1.29 is 14.6 Å². The second-order valence-electron chi connectivity index (χ2n) is 6.06. The monoisotopic (exact) mass is 411 g/mol. The molecule has 29 heavy (non-hydrogen) atoms. The highest BCUT2D eigenvalue weighted by atomic mass is 35.5. The molecule has 2 aromatic heterocycles. The molecular formula is C19H14ClN5O4. The minimum atomic E-state index is -0.853. The number of nitrogens with one attached hydrogen (secondary N) is 1. The molecule has 0 aliphatic carbocycles. The summed E-state index contributed by atoms with van der Waals surface area (Å²) in [6.45, 7) is 0. The van der Waals surface area contributed by atoms with Crippen molar-refractivity contribution in [3.63, 3.8) is 0 Å². The summed E-state index contributed by atoms with van der Waals surface area (Å²) in [6, 6.07) is 11.3. The fraction of sp³-hybridized carbons (Fsp3) is 0.0526. The first-order valence-electron chi connectivity index (χ1n) is 8.35. The molecule has 10 heteroatoms. The number of hydrogen-bond donors (Lipinski definition) is 3. The molecule has 0 bridgehead atoms. The Morgan fingerprint density at radius 1 is 1.24 bits per heavy atom. The molecule has 4 N–H and O–H groups in total. The van der Waals surface area contributed by atoms with E-state index in [1.165, 1.54) is 17.7 Å². The summed E-state index contributed by atoms with van der Waals surface area (Å²) in [5, 5.41) is 9.90. The number of carbonyl (C=O) groups excluding carboxylic acids is 1. The number of aromatic nitrogens is 4. The lowest BCUT2D eigenvalue weighted by molar-refractivity contribution is 0.0997. The molecule has 2 heterocycles. The van der Waals surface area contributed by atoms with Gasteiger partial charge in [-0.1, -0.05) is 23.7 Å². The van der Waals surface area contributed by atoms with Crippen molar-refractivity contribution in [1.29, 1.82) is 0 Å². The number of H-pyrrole nitrogens is 1. The van der Waals surface area contributed by atoms with Crippen LogP contribution in [0.2, 0.25) is 5.02 Å². The normalized spacial score (nSPS) is 11.0. The standard InChI is InChI=1S/C19H14ClN5O4/c1-29-10-5-2-4-9(8-10)25-18-15(23-19(25)28)14(16(21)27)22-17(24-18)11-6-3-7-12(26)13(11)20/h2-8,26H,1H3,(H2,21,27)(H,23,28). The number of rotatable bonds is 4. The molecule has 1 amide bonds. The van der Waals surface area contributed by atoms with Crippen molar-refractivity contribution in [1.82, 2.24) is 19.5 Å². The zero-order chi connectivity index (χ0) is 20.7. The van der Waals surface area contributed by atoms with Crippen LogP contribution in [0.25, 0.3) is 28.2 Å². The Hall–Kier alpha value is -3.85. The highest BCUT2D eigenvalue weighted by Crippen LogP contribution is 2.33. The predicted octanol–water partition coefficient (Wildman–Crippen LogP) is 2.24. The molecule has 4 aromatic rings. The van der Waals surface area contributed by atoms with E-state index in [0.717, 1.165) is 0 Å². The van der Waals surface area contributed by atoms with Gasteiger partial charge in [0.25, 0.3) is 5.91 Å². The van der Waals surface area contributed by atoms with Crippen LogP contribution in [-0.2, 0) is 0 Å². The first-order valence-corrected chi connectivity index (χ1v) is 8.73. The third-order valence-electron chi connectivity index (χ3n) is 4.30. The van der Waals surface area contributed by atoms with Crippen LogP contribution >= 0.6 is 11.6 Å². The molecule has 0 spiro atoms. The van der Waals surface area contributed by atoms with Gasteiger partial charge < -0.3 is 20.6 Å². The van der Waals surface area contributed by atoms with Gasteiger partial charge in [0, 0.05) is 11.6 Å². The van der Waals surface area contributed by atoms with Crippen molar-refractivity contribution in [2.75, 3.05) is 7.11 Å². The predicted molar refractivity (Wildman–Crippen MR) is 107 cm³/mol. The number of nitrogens with two attached hydrogens (primary N) is 1. The van der Waals surface area contributed by atoms with E-state index in [2.05, 4.69) is 15.0 Å². The SMILES string of the molecule is COc1cccc(-n2c(=O)[nH]c3c(C(N)=O)nc(-c4cccc(O)c4Cl)nc32)c1. The number of aromatic hydroxyl groups is 1. The van der Waals surface area contributed by atoms with E-state index in [-0.39, 0.29) is 39.0 Å². The van der Waals surface area contributed by atoms with Gasteiger partial charge in [-0.05, 0) is 24.3 Å². The third kappa shape index (κ3) is 3.07. The van der Waals surface area contributed by atoms with Crippen LogP contribution in [0.15, 0.2) is 47.3 Å². The van der Waals surface area contributed by atoms with Crippen molar-refractivity contribution in [2.24, 2.45) is 5.73 Å². The first-order chi connectivity index (χ1) is 13.9. The average Bonchev–Trinajstić information content (AvgIpc) is 3.04. The maximum absolute atomic E-state index is 12.7. The van der Waals surface area contributed by atoms with Gasteiger partial charge in [0.2, 0.25) is 0 Å². The summed E-state index contributed by atoms with van der Waals surface area (Å²) in [4.78, 5) is 35.8. The van der Waals surface area contributed by atoms with Crippen molar-refractivity contribution >= 4 is 28.7 Å². The molecule has 0 aliphatic heterocycles. The molecule has 0 unspecified atom stereocenters. The maximum atomic E-state index is 12.7. The number of aromatic amines is 1. The summed E-state index contributed by atoms with van der Waals surface area (Å²) in [6.07, 6.45) is 0. The number of fused-ring (bicyclic) bond motifs is 1. The van der Waals surface area contributed by atoms with Gasteiger partial charge in [-0.3, -0.25) is 4.79 Å². The fourth-order valence-electron chi connectivity index (χ4n) is 2.97. The Morgan fingerprint density at radius 2 is 2.00 bits per heavy atom. The van der Waals surface area contributed by atoms with Crippen LogP contribution in [0.5, 0.6) is 11.5 Å². The van der Waals surface area contributed by atoms with Crippen LogP contribution in [0.1, 0.15) is 10.5 Å². The summed E-state index contributed by atoms with van der Waals surface area (Å²) < 4.78 is 6.48. The molecule has 0 atom stereocenters. The second kappa shape index (κ2) is 6.95. The fourth-order valence-corrected chi connectivity index (χ4v) is 3.18. The van der Waals surface area contributed by atoms with Gasteiger partial charge >= 0.3 is 5.69 Å². The van der Waals surface area contributed by atoms with Crippen molar-refractivity contribution in [3.8, 4) is 28.6 Å². The summed E-state index contributed by atoms with van der Waals surface area (Å²) in [7, 11) is 1.51. The molecular weight excluding hydrogens is 398 g/mol. The molecule has 0 saturated heterocycles. The number of ether oxygens (including phenoxy) is 1. The average molecular weight is 412 g/mol. The van der Waals surface area contributed by atoms with E-state index in [0.29, 0.717) is 11.4 Å². The van der Waals surface area contributed by atoms with E-state index in [1.807, 2.05) is 0 Å². The zero-order valence-corrected chi connectivity index (χ0v) is 15.8. The molecule has 2 aromatic carbocycles. The Balaban J connectivity index is 2.08. The van der Waals surface area contributed by atoms with Crippen LogP contribution in [0.3, 0.4) is 0 Å². The second-order valence-corrected chi connectivity index (χ2v) is 6.44. The largest absolute Gasteiger partial charge is 0.506 e. The topological polar surface area (TPSA) is 136 Å². The molecule has 0 radical (unpaired) electrons. The lowest BCUT2D eigenvalue weighted by Gasteiger charge is -2.09. The van der Waals surface area contributed by atoms with E-state index < -0.39 is 11.6 Å². The van der Waals surface area contributed by atoms with Crippen LogP contribution in [0, 0.1) is 0 Å². The van der Waals surface area contributed by atoms with Crippen molar-refractivity contribution in [3.05, 3.63) is 63.7 Å². The molecule has 0 aliphatic rings. The summed E-state index contributed by atoms with van der Waals surface area (Å²) in [5.41, 5.74) is 5.72. The van der Waals surface area contributed by atoms with Gasteiger partial charge in [-0.2, -0.15) is 0 Å². The van der Waals surface area contributed by atoms with Crippen molar-refractivity contribution in [2.45, 2.75) is 0 Å². The Morgan fingerprint density at radius 3 is 2.72 bits per heavy atom. The number of nitrogens with zero attached hydrogens (tertiary/aromatic N) is 3. The van der Waals surface area contributed by atoms with E-state index in [1.54, 1.807) is 36.4 Å². The number of hydrogen-bond acceptors (Lipinski definition) is 6. The molecule has 0 fully saturated rings. The lowest BCUT2D eigenvalue weighted by atomic mass is 10.2. The Kier molecular flexibility index (Phi) is 4.44. The number of benzene rings is 2. The maximum Gasteiger partial charge on any atom is 0.332 e. The number of amides is 1. The van der Waals surface area contributed by atoms with E-state index >= 15 is 0 Å². The number of halogens is 1. The smallest absolute Gasteiger partial charge is 0.332 e. The van der Waals surface area contributed by atoms with Crippen LogP contribution < -0.4 is 16.2 Å². The highest BCUT2D eigenvalue weighted by molar-refractivity contribution is 6.34.